The highest BCUT2D eigenvalue weighted by atomic mass is 127. The van der Waals surface area contributed by atoms with Gasteiger partial charge in [-0.05, 0) is 35.1 Å². The van der Waals surface area contributed by atoms with Crippen LogP contribution in [0.3, 0.4) is 0 Å². The Morgan fingerprint density at radius 2 is 1.86 bits per heavy atom. The molecule has 14 heavy (non-hydrogen) atoms. The lowest BCUT2D eigenvalue weighted by molar-refractivity contribution is 0.760. The van der Waals surface area contributed by atoms with E-state index in [1.165, 1.54) is 16.7 Å². The van der Waals surface area contributed by atoms with E-state index in [2.05, 4.69) is 58.9 Å². The minimum absolute atomic E-state index is 1.05. The minimum Gasteiger partial charge on any atom is -0.274 e. The van der Waals surface area contributed by atoms with E-state index >= 15 is 0 Å². The van der Waals surface area contributed by atoms with E-state index < -0.39 is 0 Å². The Morgan fingerprint density at radius 1 is 1.21 bits per heavy atom. The Labute approximate surface area is 97.1 Å². The summed E-state index contributed by atoms with van der Waals surface area (Å²) >= 11 is 2.26. The molecule has 0 fully saturated rings. The summed E-state index contributed by atoms with van der Waals surface area (Å²) in [4.78, 5) is 0. The van der Waals surface area contributed by atoms with Crippen LogP contribution in [-0.2, 0) is 7.05 Å². The van der Waals surface area contributed by atoms with Crippen LogP contribution in [0.1, 0.15) is 5.56 Å². The molecule has 2 rings (SSSR count). The first-order valence-corrected chi connectivity index (χ1v) is 5.51. The largest absolute Gasteiger partial charge is 0.274 e. The third-order valence-corrected chi connectivity index (χ3v) is 2.94. The quantitative estimate of drug-likeness (QED) is 0.740. The number of aromatic nitrogens is 2. The second-order valence-corrected chi connectivity index (χ2v) is 4.40. The first-order valence-electron chi connectivity index (χ1n) is 4.43. The summed E-state index contributed by atoms with van der Waals surface area (Å²) in [5.74, 6) is 0. The first kappa shape index (κ1) is 9.71. The summed E-state index contributed by atoms with van der Waals surface area (Å²) in [7, 11) is 1.94. The van der Waals surface area contributed by atoms with Gasteiger partial charge < -0.3 is 0 Å². The lowest BCUT2D eigenvalue weighted by Gasteiger charge is -1.98. The van der Waals surface area contributed by atoms with Crippen molar-refractivity contribution in [2.24, 2.45) is 7.05 Å². The number of benzene rings is 1. The molecule has 0 spiro atoms. The molecule has 0 saturated heterocycles. The molecule has 0 bridgehead atoms. The Hall–Kier alpha value is -0.840. The first-order chi connectivity index (χ1) is 6.66. The predicted octanol–water partition coefficient (Wildman–Crippen LogP) is 3.00. The zero-order chi connectivity index (χ0) is 10.1. The Morgan fingerprint density at radius 3 is 2.36 bits per heavy atom. The van der Waals surface area contributed by atoms with E-state index in [0.717, 1.165) is 3.70 Å². The molecule has 2 aromatic rings. The smallest absolute Gasteiger partial charge is 0.131 e. The molecule has 0 unspecified atom stereocenters. The molecule has 0 N–H and O–H groups in total. The van der Waals surface area contributed by atoms with Crippen LogP contribution in [0.15, 0.2) is 30.5 Å². The van der Waals surface area contributed by atoms with Gasteiger partial charge in [-0.25, -0.2) is 0 Å². The number of nitrogens with zero attached hydrogens (tertiary/aromatic N) is 2. The molecule has 72 valence electrons. The molecule has 2 nitrogen and oxygen atoms in total. The highest BCUT2D eigenvalue weighted by Gasteiger charge is 2.05. The summed E-state index contributed by atoms with van der Waals surface area (Å²) in [5.41, 5.74) is 3.72. The van der Waals surface area contributed by atoms with Crippen LogP contribution in [0.5, 0.6) is 0 Å². The van der Waals surface area contributed by atoms with Crippen LogP contribution in [0.2, 0.25) is 0 Å². The average molecular weight is 298 g/mol. The van der Waals surface area contributed by atoms with Gasteiger partial charge in [-0.2, -0.15) is 5.10 Å². The molecular formula is C11H11IN2. The third kappa shape index (κ3) is 1.82. The summed E-state index contributed by atoms with van der Waals surface area (Å²) in [5, 5.41) is 4.31. The SMILES string of the molecule is Cc1ccc(-c2cn(C)nc2I)cc1. The summed E-state index contributed by atoms with van der Waals surface area (Å²) in [6.45, 7) is 2.10. The van der Waals surface area contributed by atoms with Gasteiger partial charge in [0.1, 0.15) is 3.70 Å². The van der Waals surface area contributed by atoms with E-state index in [-0.39, 0.29) is 0 Å². The van der Waals surface area contributed by atoms with Crippen LogP contribution in [0, 0.1) is 10.6 Å². The molecule has 3 heteroatoms. The monoisotopic (exact) mass is 298 g/mol. The Bertz CT molecular complexity index is 443. The molecule has 1 heterocycles. The normalized spacial score (nSPS) is 10.5. The van der Waals surface area contributed by atoms with Gasteiger partial charge in [0.05, 0.1) is 0 Å². The Kier molecular flexibility index (Phi) is 2.58. The van der Waals surface area contributed by atoms with Gasteiger partial charge in [0.25, 0.3) is 0 Å². The maximum Gasteiger partial charge on any atom is 0.131 e. The van der Waals surface area contributed by atoms with Crippen LogP contribution < -0.4 is 0 Å². The number of hydrogen-bond donors (Lipinski definition) is 0. The maximum absolute atomic E-state index is 4.31. The second kappa shape index (κ2) is 3.73. The molecule has 0 amide bonds. The van der Waals surface area contributed by atoms with Gasteiger partial charge in [0.15, 0.2) is 0 Å². The predicted molar refractivity (Wildman–Crippen MR) is 66.1 cm³/mol. The number of rotatable bonds is 1. The van der Waals surface area contributed by atoms with Gasteiger partial charge >= 0.3 is 0 Å². The van der Waals surface area contributed by atoms with Gasteiger partial charge in [-0.1, -0.05) is 29.8 Å². The fourth-order valence-electron chi connectivity index (χ4n) is 1.39. The molecule has 1 aromatic heterocycles. The highest BCUT2D eigenvalue weighted by molar-refractivity contribution is 14.1. The standard InChI is InChI=1S/C11H11IN2/c1-8-3-5-9(6-4-8)10-7-14(2)13-11(10)12/h3-7H,1-2H3. The van der Waals surface area contributed by atoms with Crippen LogP contribution >= 0.6 is 22.6 Å². The van der Waals surface area contributed by atoms with Crippen molar-refractivity contribution in [1.82, 2.24) is 9.78 Å². The summed E-state index contributed by atoms with van der Waals surface area (Å²) < 4.78 is 2.89. The van der Waals surface area contributed by atoms with Gasteiger partial charge in [-0.3, -0.25) is 4.68 Å². The number of hydrogen-bond acceptors (Lipinski definition) is 1. The van der Waals surface area contributed by atoms with Crippen molar-refractivity contribution in [1.29, 1.82) is 0 Å². The van der Waals surface area contributed by atoms with Crippen molar-refractivity contribution in [3.63, 3.8) is 0 Å². The van der Waals surface area contributed by atoms with E-state index in [0.29, 0.717) is 0 Å². The fourth-order valence-corrected chi connectivity index (χ4v) is 2.18. The molecule has 0 saturated carbocycles. The molecule has 0 aliphatic carbocycles. The zero-order valence-electron chi connectivity index (χ0n) is 8.16. The third-order valence-electron chi connectivity index (χ3n) is 2.15. The van der Waals surface area contributed by atoms with Crippen molar-refractivity contribution >= 4 is 22.6 Å². The van der Waals surface area contributed by atoms with E-state index in [1.54, 1.807) is 0 Å². The summed E-state index contributed by atoms with van der Waals surface area (Å²) in [6.07, 6.45) is 2.05. The second-order valence-electron chi connectivity index (χ2n) is 3.37. The lowest BCUT2D eigenvalue weighted by Crippen LogP contribution is -1.85. The zero-order valence-corrected chi connectivity index (χ0v) is 10.3. The van der Waals surface area contributed by atoms with Gasteiger partial charge in [-0.15, -0.1) is 0 Å². The number of aryl methyl sites for hydroxylation is 2. The molecule has 1 aromatic carbocycles. The van der Waals surface area contributed by atoms with Gasteiger partial charge in [0, 0.05) is 18.8 Å². The molecular weight excluding hydrogens is 287 g/mol. The molecule has 0 radical (unpaired) electrons. The van der Waals surface area contributed by atoms with E-state index in [9.17, 15) is 0 Å². The van der Waals surface area contributed by atoms with Crippen molar-refractivity contribution in [2.45, 2.75) is 6.92 Å². The average Bonchev–Trinajstić information content (AvgIpc) is 2.47. The lowest BCUT2D eigenvalue weighted by atomic mass is 10.1. The molecule has 0 atom stereocenters. The minimum atomic E-state index is 1.05. The topological polar surface area (TPSA) is 17.8 Å². The molecule has 0 aliphatic rings. The fraction of sp³-hybridized carbons (Fsp3) is 0.182. The molecule has 0 aliphatic heterocycles. The van der Waals surface area contributed by atoms with Crippen LogP contribution in [-0.4, -0.2) is 9.78 Å². The highest BCUT2D eigenvalue weighted by Crippen LogP contribution is 2.23. The van der Waals surface area contributed by atoms with Crippen molar-refractivity contribution in [3.05, 3.63) is 39.7 Å². The van der Waals surface area contributed by atoms with Crippen molar-refractivity contribution in [2.75, 3.05) is 0 Å². The van der Waals surface area contributed by atoms with E-state index in [1.807, 2.05) is 17.9 Å². The van der Waals surface area contributed by atoms with Gasteiger partial charge in [0.2, 0.25) is 0 Å². The van der Waals surface area contributed by atoms with E-state index in [4.69, 9.17) is 0 Å². The van der Waals surface area contributed by atoms with Crippen molar-refractivity contribution < 1.29 is 0 Å². The number of halogens is 1. The maximum atomic E-state index is 4.31. The Balaban J connectivity index is 2.49. The van der Waals surface area contributed by atoms with Crippen LogP contribution in [0.25, 0.3) is 11.1 Å². The summed E-state index contributed by atoms with van der Waals surface area (Å²) in [6, 6.07) is 8.51. The van der Waals surface area contributed by atoms with Crippen LogP contribution in [0.4, 0.5) is 0 Å². The van der Waals surface area contributed by atoms with Crippen molar-refractivity contribution in [3.8, 4) is 11.1 Å².